The van der Waals surface area contributed by atoms with E-state index >= 15 is 0 Å². The second kappa shape index (κ2) is 6.67. The van der Waals surface area contributed by atoms with Gasteiger partial charge < -0.3 is 14.5 Å². The molecule has 118 valence electrons. The normalized spacial score (nSPS) is 10.9. The molecular formula is C19H20NO3+. The van der Waals surface area contributed by atoms with Crippen LogP contribution in [-0.2, 0) is 13.1 Å². The van der Waals surface area contributed by atoms with Crippen molar-refractivity contribution in [1.29, 1.82) is 0 Å². The van der Waals surface area contributed by atoms with E-state index in [2.05, 4.69) is 36.5 Å². The maximum Gasteiger partial charge on any atom is 0.336 e. The van der Waals surface area contributed by atoms with E-state index in [0.29, 0.717) is 11.3 Å². The summed E-state index contributed by atoms with van der Waals surface area (Å²) in [5.74, 6) is 0.682. The van der Waals surface area contributed by atoms with Crippen molar-refractivity contribution in [3.63, 3.8) is 0 Å². The molecular weight excluding hydrogens is 290 g/mol. The monoisotopic (exact) mass is 310 g/mol. The Labute approximate surface area is 134 Å². The standard InChI is InChI=1S/C19H19NO3/c1-13-3-5-14(6-4-13)11-20-12-15-9-19(21)23-18-10-16(22-2)7-8-17(15)18/h3-10,20H,11-12H2,1-2H3/p+1. The first-order chi connectivity index (χ1) is 11.2. The van der Waals surface area contributed by atoms with Gasteiger partial charge in [0, 0.05) is 28.6 Å². The number of methoxy groups -OCH3 is 1. The minimum atomic E-state index is -0.329. The molecule has 4 heteroatoms. The third-order valence-electron chi connectivity index (χ3n) is 3.90. The molecule has 0 radical (unpaired) electrons. The largest absolute Gasteiger partial charge is 0.497 e. The highest BCUT2D eigenvalue weighted by Crippen LogP contribution is 2.21. The van der Waals surface area contributed by atoms with Gasteiger partial charge in [0.2, 0.25) is 0 Å². The number of ether oxygens (including phenoxy) is 1. The van der Waals surface area contributed by atoms with Crippen LogP contribution in [0.25, 0.3) is 11.0 Å². The number of quaternary nitrogens is 1. The Hall–Kier alpha value is -2.59. The molecule has 0 fully saturated rings. The Morgan fingerprint density at radius 3 is 2.57 bits per heavy atom. The van der Waals surface area contributed by atoms with E-state index < -0.39 is 0 Å². The first-order valence-electron chi connectivity index (χ1n) is 7.64. The van der Waals surface area contributed by atoms with Crippen LogP contribution in [0.2, 0.25) is 0 Å². The fourth-order valence-electron chi connectivity index (χ4n) is 2.62. The van der Waals surface area contributed by atoms with Crippen LogP contribution in [0.1, 0.15) is 16.7 Å². The summed E-state index contributed by atoms with van der Waals surface area (Å²) in [4.78, 5) is 11.8. The third-order valence-corrected chi connectivity index (χ3v) is 3.90. The zero-order valence-electron chi connectivity index (χ0n) is 13.3. The van der Waals surface area contributed by atoms with Crippen LogP contribution in [0.3, 0.4) is 0 Å². The molecule has 0 aliphatic carbocycles. The summed E-state index contributed by atoms with van der Waals surface area (Å²) in [6, 6.07) is 15.6. The predicted molar refractivity (Wildman–Crippen MR) is 89.5 cm³/mol. The molecule has 1 aromatic heterocycles. The molecule has 0 saturated heterocycles. The lowest BCUT2D eigenvalue weighted by molar-refractivity contribution is -0.686. The average molecular weight is 310 g/mol. The Morgan fingerprint density at radius 2 is 1.83 bits per heavy atom. The number of hydrogen-bond acceptors (Lipinski definition) is 3. The molecule has 0 aliphatic heterocycles. The molecule has 2 aromatic carbocycles. The molecule has 0 aliphatic rings. The second-order valence-corrected chi connectivity index (χ2v) is 5.64. The molecule has 0 saturated carbocycles. The highest BCUT2D eigenvalue weighted by Gasteiger charge is 2.08. The maximum absolute atomic E-state index is 11.8. The molecule has 0 atom stereocenters. The van der Waals surface area contributed by atoms with Gasteiger partial charge in [0.15, 0.2) is 0 Å². The van der Waals surface area contributed by atoms with Crippen molar-refractivity contribution >= 4 is 11.0 Å². The van der Waals surface area contributed by atoms with E-state index in [1.54, 1.807) is 19.2 Å². The molecule has 0 bridgehead atoms. The predicted octanol–water partition coefficient (Wildman–Crippen LogP) is 2.37. The van der Waals surface area contributed by atoms with Gasteiger partial charge in [-0.15, -0.1) is 0 Å². The SMILES string of the molecule is COc1ccc2c(C[NH2+]Cc3ccc(C)cc3)cc(=O)oc2c1. The van der Waals surface area contributed by atoms with Gasteiger partial charge in [0.05, 0.1) is 7.11 Å². The zero-order valence-corrected chi connectivity index (χ0v) is 13.3. The molecule has 3 rings (SSSR count). The van der Waals surface area contributed by atoms with Crippen molar-refractivity contribution in [3.05, 3.63) is 75.6 Å². The van der Waals surface area contributed by atoms with Crippen molar-refractivity contribution in [3.8, 4) is 5.75 Å². The van der Waals surface area contributed by atoms with Crippen LogP contribution in [0.4, 0.5) is 0 Å². The van der Waals surface area contributed by atoms with E-state index in [1.807, 2.05) is 12.1 Å². The fraction of sp³-hybridized carbons (Fsp3) is 0.211. The summed E-state index contributed by atoms with van der Waals surface area (Å²) < 4.78 is 10.5. The molecule has 23 heavy (non-hydrogen) atoms. The number of benzene rings is 2. The Bertz CT molecular complexity index is 866. The number of nitrogens with two attached hydrogens (primary N) is 1. The summed E-state index contributed by atoms with van der Waals surface area (Å²) in [5, 5.41) is 3.13. The van der Waals surface area contributed by atoms with E-state index in [-0.39, 0.29) is 5.63 Å². The van der Waals surface area contributed by atoms with E-state index in [0.717, 1.165) is 24.0 Å². The van der Waals surface area contributed by atoms with Gasteiger partial charge in [0.25, 0.3) is 0 Å². The van der Waals surface area contributed by atoms with Gasteiger partial charge in [-0.2, -0.15) is 0 Å². The molecule has 1 heterocycles. The highest BCUT2D eigenvalue weighted by atomic mass is 16.5. The maximum atomic E-state index is 11.8. The quantitative estimate of drug-likeness (QED) is 0.736. The van der Waals surface area contributed by atoms with Crippen molar-refractivity contribution in [1.82, 2.24) is 0 Å². The number of aryl methyl sites for hydroxylation is 1. The van der Waals surface area contributed by atoms with Crippen molar-refractivity contribution in [2.45, 2.75) is 20.0 Å². The van der Waals surface area contributed by atoms with Crippen LogP contribution in [0, 0.1) is 6.92 Å². The zero-order chi connectivity index (χ0) is 16.2. The van der Waals surface area contributed by atoms with Crippen molar-refractivity contribution < 1.29 is 14.5 Å². The van der Waals surface area contributed by atoms with Crippen molar-refractivity contribution in [2.24, 2.45) is 0 Å². The summed E-state index contributed by atoms with van der Waals surface area (Å²) >= 11 is 0. The molecule has 0 unspecified atom stereocenters. The molecule has 0 spiro atoms. The van der Waals surface area contributed by atoms with Crippen LogP contribution >= 0.6 is 0 Å². The van der Waals surface area contributed by atoms with Gasteiger partial charge in [-0.05, 0) is 19.1 Å². The summed E-state index contributed by atoms with van der Waals surface area (Å²) in [5.41, 5.74) is 3.74. The first-order valence-corrected chi connectivity index (χ1v) is 7.64. The molecule has 4 nitrogen and oxygen atoms in total. The van der Waals surface area contributed by atoms with Gasteiger partial charge in [-0.1, -0.05) is 29.8 Å². The third kappa shape index (κ3) is 3.60. The van der Waals surface area contributed by atoms with Gasteiger partial charge in [-0.3, -0.25) is 0 Å². The second-order valence-electron chi connectivity index (χ2n) is 5.64. The van der Waals surface area contributed by atoms with Crippen LogP contribution < -0.4 is 15.7 Å². The first kappa shape index (κ1) is 15.3. The summed E-state index contributed by atoms with van der Waals surface area (Å²) in [6.07, 6.45) is 0. The Balaban J connectivity index is 1.79. The minimum Gasteiger partial charge on any atom is -0.497 e. The van der Waals surface area contributed by atoms with E-state index in [9.17, 15) is 4.79 Å². The molecule has 3 aromatic rings. The Morgan fingerprint density at radius 1 is 1.04 bits per heavy atom. The highest BCUT2D eigenvalue weighted by molar-refractivity contribution is 5.81. The summed E-state index contributed by atoms with van der Waals surface area (Å²) in [6.45, 7) is 3.68. The van der Waals surface area contributed by atoms with Crippen LogP contribution in [-0.4, -0.2) is 7.11 Å². The lowest BCUT2D eigenvalue weighted by atomic mass is 10.1. The molecule has 0 amide bonds. The van der Waals surface area contributed by atoms with Crippen LogP contribution in [0.15, 0.2) is 57.7 Å². The topological polar surface area (TPSA) is 56.0 Å². The summed E-state index contributed by atoms with van der Waals surface area (Å²) in [7, 11) is 1.60. The average Bonchev–Trinajstić information content (AvgIpc) is 2.55. The smallest absolute Gasteiger partial charge is 0.336 e. The van der Waals surface area contributed by atoms with Gasteiger partial charge in [0.1, 0.15) is 24.4 Å². The van der Waals surface area contributed by atoms with E-state index in [4.69, 9.17) is 9.15 Å². The Kier molecular flexibility index (Phi) is 4.44. The number of rotatable bonds is 5. The number of hydrogen-bond donors (Lipinski definition) is 1. The van der Waals surface area contributed by atoms with Crippen LogP contribution in [0.5, 0.6) is 5.75 Å². The lowest BCUT2D eigenvalue weighted by Gasteiger charge is -2.07. The van der Waals surface area contributed by atoms with Crippen molar-refractivity contribution in [2.75, 3.05) is 7.11 Å². The molecule has 2 N–H and O–H groups in total. The van der Waals surface area contributed by atoms with E-state index in [1.165, 1.54) is 11.1 Å². The van der Waals surface area contributed by atoms with Gasteiger partial charge in [-0.25, -0.2) is 4.79 Å². The minimum absolute atomic E-state index is 0.329. The van der Waals surface area contributed by atoms with Gasteiger partial charge >= 0.3 is 5.63 Å². The fourth-order valence-corrected chi connectivity index (χ4v) is 2.62. The number of fused-ring (bicyclic) bond motifs is 1. The lowest BCUT2D eigenvalue weighted by Crippen LogP contribution is -2.80.